The highest BCUT2D eigenvalue weighted by atomic mass is 16.6. The number of nitrogens with zero attached hydrogens (tertiary/aromatic N) is 4. The SMILES string of the molecule is CCC(=O)O[C@H]1[C@@H](O)[C@](C#N)(c2ccc3c(NC(C)=O)ncnn23)O[C@@H]1COC(=O)[C@@H](N)C(C)C. The van der Waals surface area contributed by atoms with E-state index in [2.05, 4.69) is 15.4 Å². The van der Waals surface area contributed by atoms with Crippen molar-refractivity contribution in [3.05, 3.63) is 24.2 Å². The Balaban J connectivity index is 2.00. The summed E-state index contributed by atoms with van der Waals surface area (Å²) in [5.41, 5.74) is 4.21. The number of amides is 1. The summed E-state index contributed by atoms with van der Waals surface area (Å²) < 4.78 is 17.9. The van der Waals surface area contributed by atoms with Crippen LogP contribution in [0.3, 0.4) is 0 Å². The number of carbonyl (C=O) groups is 3. The molecule has 1 aliphatic rings. The quantitative estimate of drug-likeness (QED) is 0.424. The Labute approximate surface area is 201 Å². The van der Waals surface area contributed by atoms with E-state index >= 15 is 0 Å². The van der Waals surface area contributed by atoms with Crippen LogP contribution in [-0.2, 0) is 34.2 Å². The van der Waals surface area contributed by atoms with E-state index in [0.29, 0.717) is 5.52 Å². The number of rotatable bonds is 8. The van der Waals surface area contributed by atoms with E-state index in [1.54, 1.807) is 20.8 Å². The number of nitrogens with one attached hydrogen (secondary N) is 1. The van der Waals surface area contributed by atoms with Gasteiger partial charge in [-0.25, -0.2) is 9.50 Å². The maximum atomic E-state index is 12.3. The first-order valence-corrected chi connectivity index (χ1v) is 11.0. The Morgan fingerprint density at radius 3 is 2.71 bits per heavy atom. The average Bonchev–Trinajstić information content (AvgIpc) is 3.37. The zero-order valence-electron chi connectivity index (χ0n) is 19.8. The van der Waals surface area contributed by atoms with Gasteiger partial charge in [0.15, 0.2) is 11.9 Å². The normalized spacial score (nSPS) is 24.7. The van der Waals surface area contributed by atoms with Gasteiger partial charge in [-0.2, -0.15) is 10.4 Å². The lowest BCUT2D eigenvalue weighted by Gasteiger charge is -2.24. The van der Waals surface area contributed by atoms with Crippen LogP contribution < -0.4 is 11.1 Å². The lowest BCUT2D eigenvalue weighted by atomic mass is 9.92. The second kappa shape index (κ2) is 10.3. The molecule has 2 aromatic heterocycles. The monoisotopic (exact) mass is 488 g/mol. The Morgan fingerprint density at radius 1 is 1.40 bits per heavy atom. The van der Waals surface area contributed by atoms with E-state index < -0.39 is 48.5 Å². The molecule has 13 heteroatoms. The van der Waals surface area contributed by atoms with Crippen LogP contribution >= 0.6 is 0 Å². The molecule has 0 spiro atoms. The van der Waals surface area contributed by atoms with Crippen LogP contribution in [0.4, 0.5) is 5.82 Å². The molecular formula is C22H28N6O7. The molecule has 0 radical (unpaired) electrons. The highest BCUT2D eigenvalue weighted by Crippen LogP contribution is 2.42. The molecule has 5 atom stereocenters. The van der Waals surface area contributed by atoms with Gasteiger partial charge in [0.05, 0.1) is 5.69 Å². The first-order valence-electron chi connectivity index (χ1n) is 11.0. The van der Waals surface area contributed by atoms with Crippen LogP contribution in [0.25, 0.3) is 5.52 Å². The van der Waals surface area contributed by atoms with Crippen molar-refractivity contribution in [1.29, 1.82) is 5.26 Å². The Morgan fingerprint density at radius 2 is 2.11 bits per heavy atom. The molecule has 4 N–H and O–H groups in total. The third-order valence-electron chi connectivity index (χ3n) is 5.66. The zero-order valence-corrected chi connectivity index (χ0v) is 19.8. The van der Waals surface area contributed by atoms with E-state index in [9.17, 15) is 24.8 Å². The van der Waals surface area contributed by atoms with Gasteiger partial charge in [0.25, 0.3) is 0 Å². The summed E-state index contributed by atoms with van der Waals surface area (Å²) in [5.74, 6) is -1.71. The smallest absolute Gasteiger partial charge is 0.323 e. The van der Waals surface area contributed by atoms with Crippen LogP contribution in [0.1, 0.15) is 39.8 Å². The Hall–Kier alpha value is -3.60. The largest absolute Gasteiger partial charge is 0.462 e. The molecule has 1 saturated heterocycles. The number of anilines is 1. The number of hydrogen-bond acceptors (Lipinski definition) is 11. The minimum Gasteiger partial charge on any atom is -0.462 e. The van der Waals surface area contributed by atoms with Crippen molar-refractivity contribution in [2.24, 2.45) is 11.7 Å². The van der Waals surface area contributed by atoms with E-state index in [-0.39, 0.29) is 29.8 Å². The van der Waals surface area contributed by atoms with Crippen molar-refractivity contribution in [2.45, 2.75) is 64.1 Å². The molecule has 2 aromatic rings. The van der Waals surface area contributed by atoms with Gasteiger partial charge < -0.3 is 30.4 Å². The molecule has 0 unspecified atom stereocenters. The number of aliphatic hydroxyl groups excluding tert-OH is 1. The van der Waals surface area contributed by atoms with E-state index in [0.717, 1.165) is 6.33 Å². The maximum Gasteiger partial charge on any atom is 0.323 e. The molecular weight excluding hydrogens is 460 g/mol. The topological polar surface area (TPSA) is 191 Å². The third-order valence-corrected chi connectivity index (χ3v) is 5.66. The number of nitrogens with two attached hydrogens (primary N) is 1. The lowest BCUT2D eigenvalue weighted by Crippen LogP contribution is -2.43. The number of hydrogen-bond donors (Lipinski definition) is 3. The number of aromatic nitrogens is 3. The summed E-state index contributed by atoms with van der Waals surface area (Å²) in [6.07, 6.45) is -3.00. The number of esters is 2. The summed E-state index contributed by atoms with van der Waals surface area (Å²) in [6.45, 7) is 5.97. The van der Waals surface area contributed by atoms with Gasteiger partial charge in [-0.3, -0.25) is 14.4 Å². The van der Waals surface area contributed by atoms with Gasteiger partial charge in [0.2, 0.25) is 11.5 Å². The molecule has 0 aliphatic carbocycles. The molecule has 1 amide bonds. The van der Waals surface area contributed by atoms with Gasteiger partial charge in [0.1, 0.15) is 42.8 Å². The Kier molecular flexibility index (Phi) is 7.69. The summed E-state index contributed by atoms with van der Waals surface area (Å²) in [4.78, 5) is 39.9. The van der Waals surface area contributed by atoms with E-state index in [1.807, 2.05) is 6.07 Å². The number of fused-ring (bicyclic) bond motifs is 1. The fraction of sp³-hybridized carbons (Fsp3) is 0.545. The molecule has 35 heavy (non-hydrogen) atoms. The average molecular weight is 489 g/mol. The number of nitriles is 1. The van der Waals surface area contributed by atoms with Crippen LogP contribution in [0.5, 0.6) is 0 Å². The predicted octanol–water partition coefficient (Wildman–Crippen LogP) is 0.0146. The first-order chi connectivity index (χ1) is 16.5. The van der Waals surface area contributed by atoms with Crippen LogP contribution in [0, 0.1) is 17.2 Å². The van der Waals surface area contributed by atoms with E-state index in [1.165, 1.54) is 23.6 Å². The number of ether oxygens (including phenoxy) is 3. The predicted molar refractivity (Wildman–Crippen MR) is 119 cm³/mol. The minimum atomic E-state index is -2.05. The molecule has 3 rings (SSSR count). The number of aliphatic hydroxyl groups is 1. The standard InChI is InChI=1S/C22H28N6O7/c1-5-16(30)34-18-14(8-33-21(32)17(24)11(2)3)35-22(9-23,19(18)31)15-7-6-13-20(27-12(4)29)25-10-26-28(13)15/h6-7,10-11,14,17-19,31H,5,8,24H2,1-4H3,(H,25,26,27,29)/t14-,17+,18-,19-,22+/m1/s1. The molecule has 13 nitrogen and oxygen atoms in total. The molecule has 0 bridgehead atoms. The first kappa shape index (κ1) is 26.0. The molecule has 0 aromatic carbocycles. The van der Waals surface area contributed by atoms with Crippen LogP contribution in [0.15, 0.2) is 18.5 Å². The van der Waals surface area contributed by atoms with Gasteiger partial charge >= 0.3 is 11.9 Å². The van der Waals surface area contributed by atoms with Crippen molar-refractivity contribution < 1.29 is 33.7 Å². The maximum absolute atomic E-state index is 12.3. The Bertz CT molecular complexity index is 1160. The lowest BCUT2D eigenvalue weighted by molar-refractivity contribution is -0.161. The summed E-state index contributed by atoms with van der Waals surface area (Å²) >= 11 is 0. The van der Waals surface area contributed by atoms with Crippen molar-refractivity contribution >= 4 is 29.2 Å². The third kappa shape index (κ3) is 4.95. The van der Waals surface area contributed by atoms with Crippen molar-refractivity contribution in [1.82, 2.24) is 14.6 Å². The molecule has 1 aliphatic heterocycles. The molecule has 3 heterocycles. The second-order valence-corrected chi connectivity index (χ2v) is 8.46. The highest BCUT2D eigenvalue weighted by Gasteiger charge is 2.60. The van der Waals surface area contributed by atoms with Gasteiger partial charge in [-0.15, -0.1) is 0 Å². The van der Waals surface area contributed by atoms with Crippen molar-refractivity contribution in [3.63, 3.8) is 0 Å². The molecule has 188 valence electrons. The fourth-order valence-electron chi connectivity index (χ4n) is 3.69. The summed E-state index contributed by atoms with van der Waals surface area (Å²) in [6, 6.07) is 4.09. The zero-order chi connectivity index (χ0) is 25.9. The number of carbonyl (C=O) groups excluding carboxylic acids is 3. The van der Waals surface area contributed by atoms with Gasteiger partial charge in [-0.1, -0.05) is 20.8 Å². The van der Waals surface area contributed by atoms with Gasteiger partial charge in [0, 0.05) is 13.3 Å². The van der Waals surface area contributed by atoms with Gasteiger partial charge in [-0.05, 0) is 18.1 Å². The van der Waals surface area contributed by atoms with Crippen LogP contribution in [-0.4, -0.2) is 68.5 Å². The van der Waals surface area contributed by atoms with Crippen molar-refractivity contribution in [2.75, 3.05) is 11.9 Å². The molecule has 1 fully saturated rings. The summed E-state index contributed by atoms with van der Waals surface area (Å²) in [7, 11) is 0. The van der Waals surface area contributed by atoms with Crippen molar-refractivity contribution in [3.8, 4) is 6.07 Å². The fourth-order valence-corrected chi connectivity index (χ4v) is 3.69. The van der Waals surface area contributed by atoms with Crippen LogP contribution in [0.2, 0.25) is 0 Å². The summed E-state index contributed by atoms with van der Waals surface area (Å²) in [5, 5.41) is 28.1. The highest BCUT2D eigenvalue weighted by molar-refractivity contribution is 5.91. The van der Waals surface area contributed by atoms with E-state index in [4.69, 9.17) is 19.9 Å². The molecule has 0 saturated carbocycles. The minimum absolute atomic E-state index is 0.00879. The second-order valence-electron chi connectivity index (χ2n) is 8.46.